The minimum Gasteiger partial charge on any atom is -0.493 e. The van der Waals surface area contributed by atoms with E-state index in [1.54, 1.807) is 50.6 Å². The summed E-state index contributed by atoms with van der Waals surface area (Å²) in [4.78, 5) is 23.0. The lowest BCUT2D eigenvalue weighted by molar-refractivity contribution is 0.102. The molecular formula is C32H26N4O4S. The fraction of sp³-hybridized carbons (Fsp3) is 0.125. The van der Waals surface area contributed by atoms with Gasteiger partial charge in [-0.15, -0.1) is 0 Å². The van der Waals surface area contributed by atoms with Crippen molar-refractivity contribution in [2.75, 3.05) is 19.5 Å². The van der Waals surface area contributed by atoms with E-state index in [1.807, 2.05) is 48.5 Å². The fourth-order valence-electron chi connectivity index (χ4n) is 4.39. The molecule has 2 aromatic heterocycles. The number of thioether (sulfide) groups is 1. The SMILES string of the molecule is COc1ccc(-c2c(C#N)c(SCc3coc(-c4ccccc4)n3)nc(C)c2C(=O)Nc2ccccc2)cc1OC. The molecule has 0 atom stereocenters. The highest BCUT2D eigenvalue weighted by atomic mass is 32.2. The molecule has 0 unspecified atom stereocenters. The highest BCUT2D eigenvalue weighted by Crippen LogP contribution is 2.39. The van der Waals surface area contributed by atoms with Gasteiger partial charge in [-0.25, -0.2) is 9.97 Å². The second kappa shape index (κ2) is 12.4. The van der Waals surface area contributed by atoms with Crippen LogP contribution in [-0.4, -0.2) is 30.1 Å². The molecule has 0 saturated heterocycles. The van der Waals surface area contributed by atoms with Crippen molar-refractivity contribution in [3.05, 3.63) is 108 Å². The minimum absolute atomic E-state index is 0.276. The Balaban J connectivity index is 1.57. The van der Waals surface area contributed by atoms with Gasteiger partial charge in [-0.05, 0) is 48.9 Å². The third-order valence-corrected chi connectivity index (χ3v) is 7.33. The number of carbonyl (C=O) groups excluding carboxylic acids is 1. The van der Waals surface area contributed by atoms with Crippen molar-refractivity contribution >= 4 is 23.4 Å². The van der Waals surface area contributed by atoms with E-state index in [1.165, 1.54) is 18.9 Å². The third kappa shape index (κ3) is 5.93. The number of pyridine rings is 1. The summed E-state index contributed by atoms with van der Waals surface area (Å²) in [5, 5.41) is 13.8. The first kappa shape index (κ1) is 27.5. The van der Waals surface area contributed by atoms with E-state index in [0.29, 0.717) is 61.9 Å². The molecule has 0 bridgehead atoms. The summed E-state index contributed by atoms with van der Waals surface area (Å²) in [6, 6.07) is 26.4. The Morgan fingerprint density at radius 1 is 0.951 bits per heavy atom. The molecule has 0 spiro atoms. The summed E-state index contributed by atoms with van der Waals surface area (Å²) in [6.07, 6.45) is 1.60. The lowest BCUT2D eigenvalue weighted by Gasteiger charge is -2.18. The van der Waals surface area contributed by atoms with E-state index in [4.69, 9.17) is 18.9 Å². The Morgan fingerprint density at radius 2 is 1.66 bits per heavy atom. The molecule has 0 radical (unpaired) electrons. The molecule has 5 rings (SSSR count). The Hall–Kier alpha value is -5.07. The summed E-state index contributed by atoms with van der Waals surface area (Å²) in [5.74, 6) is 1.57. The summed E-state index contributed by atoms with van der Waals surface area (Å²) in [7, 11) is 3.09. The van der Waals surface area contributed by atoms with Gasteiger partial charge in [0.05, 0.1) is 36.7 Å². The van der Waals surface area contributed by atoms with Crippen LogP contribution in [0.4, 0.5) is 5.69 Å². The smallest absolute Gasteiger partial charge is 0.258 e. The standard InChI is InChI=1S/C32H26N4O4S/c1-20-28(30(37)35-23-12-8-5-9-13-23)29(22-14-15-26(38-2)27(16-22)39-3)25(17-33)32(34-20)41-19-24-18-40-31(36-24)21-10-6-4-7-11-21/h4-16,18H,19H2,1-3H3,(H,35,37). The highest BCUT2D eigenvalue weighted by molar-refractivity contribution is 7.98. The quantitative estimate of drug-likeness (QED) is 0.189. The fourth-order valence-corrected chi connectivity index (χ4v) is 5.30. The Kier molecular flexibility index (Phi) is 8.32. The van der Waals surface area contributed by atoms with Crippen molar-refractivity contribution in [3.63, 3.8) is 0 Å². The second-order valence-electron chi connectivity index (χ2n) is 8.93. The number of amides is 1. The van der Waals surface area contributed by atoms with Gasteiger partial charge in [-0.1, -0.05) is 54.2 Å². The van der Waals surface area contributed by atoms with Crippen LogP contribution >= 0.6 is 11.8 Å². The summed E-state index contributed by atoms with van der Waals surface area (Å²) in [5.41, 5.74) is 4.35. The molecule has 3 aromatic carbocycles. The summed E-state index contributed by atoms with van der Waals surface area (Å²) in [6.45, 7) is 1.76. The molecule has 0 fully saturated rings. The van der Waals surface area contributed by atoms with Crippen molar-refractivity contribution in [1.29, 1.82) is 5.26 Å². The number of aryl methyl sites for hydroxylation is 1. The van der Waals surface area contributed by atoms with E-state index in [-0.39, 0.29) is 11.5 Å². The van der Waals surface area contributed by atoms with Crippen LogP contribution in [0.3, 0.4) is 0 Å². The summed E-state index contributed by atoms with van der Waals surface area (Å²) >= 11 is 1.35. The topological polar surface area (TPSA) is 110 Å². The number of ether oxygens (including phenoxy) is 2. The largest absolute Gasteiger partial charge is 0.493 e. The molecule has 0 saturated carbocycles. The zero-order valence-corrected chi connectivity index (χ0v) is 23.5. The lowest BCUT2D eigenvalue weighted by atomic mass is 9.94. The molecule has 5 aromatic rings. The lowest BCUT2D eigenvalue weighted by Crippen LogP contribution is -2.17. The van der Waals surface area contributed by atoms with Crippen LogP contribution in [-0.2, 0) is 5.75 Å². The zero-order valence-electron chi connectivity index (χ0n) is 22.7. The van der Waals surface area contributed by atoms with Gasteiger partial charge in [-0.3, -0.25) is 4.79 Å². The van der Waals surface area contributed by atoms with Gasteiger partial charge >= 0.3 is 0 Å². The van der Waals surface area contributed by atoms with Crippen LogP contribution in [0.25, 0.3) is 22.6 Å². The maximum Gasteiger partial charge on any atom is 0.258 e. The van der Waals surface area contributed by atoms with Gasteiger partial charge in [0, 0.05) is 22.6 Å². The Labute approximate surface area is 242 Å². The molecule has 0 aliphatic rings. The number of carbonyl (C=O) groups is 1. The van der Waals surface area contributed by atoms with E-state index in [2.05, 4.69) is 16.4 Å². The Morgan fingerprint density at radius 3 is 2.34 bits per heavy atom. The van der Waals surface area contributed by atoms with E-state index in [9.17, 15) is 10.1 Å². The van der Waals surface area contributed by atoms with Gasteiger partial charge in [0.25, 0.3) is 5.91 Å². The van der Waals surface area contributed by atoms with Crippen molar-refractivity contribution in [2.45, 2.75) is 17.7 Å². The van der Waals surface area contributed by atoms with Crippen LogP contribution in [0.2, 0.25) is 0 Å². The number of nitrogens with zero attached hydrogens (tertiary/aromatic N) is 3. The monoisotopic (exact) mass is 562 g/mol. The number of hydrogen-bond acceptors (Lipinski definition) is 8. The number of anilines is 1. The van der Waals surface area contributed by atoms with Crippen LogP contribution in [0.1, 0.15) is 27.3 Å². The van der Waals surface area contributed by atoms with Crippen LogP contribution in [0.5, 0.6) is 11.5 Å². The van der Waals surface area contributed by atoms with Crippen LogP contribution in [0.15, 0.2) is 94.6 Å². The predicted octanol–water partition coefficient (Wildman–Crippen LogP) is 7.15. The van der Waals surface area contributed by atoms with Gasteiger partial charge < -0.3 is 19.2 Å². The number of nitrogens with one attached hydrogen (secondary N) is 1. The van der Waals surface area contributed by atoms with E-state index in [0.717, 1.165) is 5.56 Å². The van der Waals surface area contributed by atoms with E-state index >= 15 is 0 Å². The molecular weight excluding hydrogens is 536 g/mol. The molecule has 1 amide bonds. The number of benzene rings is 3. The molecule has 41 heavy (non-hydrogen) atoms. The molecule has 204 valence electrons. The van der Waals surface area contributed by atoms with Crippen molar-refractivity contribution in [1.82, 2.24) is 9.97 Å². The normalized spacial score (nSPS) is 10.6. The van der Waals surface area contributed by atoms with Crippen LogP contribution in [0, 0.1) is 18.3 Å². The number of rotatable bonds is 9. The van der Waals surface area contributed by atoms with Gasteiger partial charge in [0.15, 0.2) is 11.5 Å². The molecule has 1 N–H and O–H groups in total. The van der Waals surface area contributed by atoms with Crippen LogP contribution < -0.4 is 14.8 Å². The van der Waals surface area contributed by atoms with Gasteiger partial charge in [-0.2, -0.15) is 5.26 Å². The molecule has 0 aliphatic heterocycles. The van der Waals surface area contributed by atoms with Gasteiger partial charge in [0.1, 0.15) is 17.4 Å². The molecule has 8 nitrogen and oxygen atoms in total. The van der Waals surface area contributed by atoms with Crippen molar-refractivity contribution in [3.8, 4) is 40.1 Å². The first-order valence-electron chi connectivity index (χ1n) is 12.7. The zero-order chi connectivity index (χ0) is 28.8. The predicted molar refractivity (Wildman–Crippen MR) is 158 cm³/mol. The number of para-hydroxylation sites is 1. The summed E-state index contributed by atoms with van der Waals surface area (Å²) < 4.78 is 16.6. The maximum atomic E-state index is 13.7. The van der Waals surface area contributed by atoms with E-state index < -0.39 is 0 Å². The first-order valence-corrected chi connectivity index (χ1v) is 13.7. The molecule has 9 heteroatoms. The Bertz CT molecular complexity index is 1730. The number of nitriles is 1. The number of hydrogen-bond donors (Lipinski definition) is 1. The van der Waals surface area contributed by atoms with Crippen molar-refractivity contribution in [2.24, 2.45) is 0 Å². The third-order valence-electron chi connectivity index (χ3n) is 6.32. The maximum absolute atomic E-state index is 13.7. The number of oxazole rings is 1. The average molecular weight is 563 g/mol. The minimum atomic E-state index is -0.372. The molecule has 2 heterocycles. The average Bonchev–Trinajstić information content (AvgIpc) is 3.49. The highest BCUT2D eigenvalue weighted by Gasteiger charge is 2.25. The number of aromatic nitrogens is 2. The number of methoxy groups -OCH3 is 2. The second-order valence-corrected chi connectivity index (χ2v) is 9.89. The van der Waals surface area contributed by atoms with Crippen molar-refractivity contribution < 1.29 is 18.7 Å². The molecule has 0 aliphatic carbocycles. The van der Waals surface area contributed by atoms with Gasteiger partial charge in [0.2, 0.25) is 5.89 Å². The first-order chi connectivity index (χ1) is 20.0.